The van der Waals surface area contributed by atoms with Crippen molar-refractivity contribution in [2.45, 2.75) is 18.2 Å². The van der Waals surface area contributed by atoms with Gasteiger partial charge in [-0.2, -0.15) is 4.31 Å². The lowest BCUT2D eigenvalue weighted by Crippen LogP contribution is -2.33. The minimum atomic E-state index is -4.25. The van der Waals surface area contributed by atoms with E-state index in [0.717, 1.165) is 16.4 Å². The van der Waals surface area contributed by atoms with Crippen LogP contribution in [-0.4, -0.2) is 25.8 Å². The van der Waals surface area contributed by atoms with E-state index in [1.807, 2.05) is 0 Å². The van der Waals surface area contributed by atoms with Gasteiger partial charge in [-0.05, 0) is 18.6 Å². The number of halogens is 2. The molecule has 0 radical (unpaired) electrons. The van der Waals surface area contributed by atoms with Crippen LogP contribution in [0.1, 0.15) is 13.3 Å². The fourth-order valence-corrected chi connectivity index (χ4v) is 3.25. The van der Waals surface area contributed by atoms with Crippen LogP contribution in [0.2, 0.25) is 0 Å². The van der Waals surface area contributed by atoms with E-state index in [1.54, 1.807) is 6.92 Å². The van der Waals surface area contributed by atoms with Crippen molar-refractivity contribution in [2.75, 3.05) is 18.8 Å². The Kier molecular flexibility index (Phi) is 5.02. The second kappa shape index (κ2) is 6.12. The first kappa shape index (κ1) is 15.6. The summed E-state index contributed by atoms with van der Waals surface area (Å²) in [6.07, 6.45) is 1.88. The lowest BCUT2D eigenvalue weighted by Gasteiger charge is -2.20. The van der Waals surface area contributed by atoms with Crippen molar-refractivity contribution in [2.24, 2.45) is 0 Å². The van der Waals surface area contributed by atoms with E-state index in [1.165, 1.54) is 6.08 Å². The number of anilines is 1. The number of nitrogen functional groups attached to an aromatic ring is 1. The molecule has 0 heterocycles. The quantitative estimate of drug-likeness (QED) is 0.645. The van der Waals surface area contributed by atoms with Gasteiger partial charge in [0.1, 0.15) is 11.6 Å². The highest BCUT2D eigenvalue weighted by Gasteiger charge is 2.30. The zero-order chi connectivity index (χ0) is 14.6. The number of sulfonamides is 1. The van der Waals surface area contributed by atoms with Crippen molar-refractivity contribution in [3.8, 4) is 0 Å². The zero-order valence-electron chi connectivity index (χ0n) is 10.6. The summed E-state index contributed by atoms with van der Waals surface area (Å²) in [4.78, 5) is -0.975. The maximum atomic E-state index is 13.7. The largest absolute Gasteiger partial charge is 0.399 e. The summed E-state index contributed by atoms with van der Waals surface area (Å²) in [5, 5.41) is 0. The molecule has 0 saturated carbocycles. The summed E-state index contributed by atoms with van der Waals surface area (Å²) in [7, 11) is -4.25. The van der Waals surface area contributed by atoms with E-state index >= 15 is 0 Å². The van der Waals surface area contributed by atoms with Crippen LogP contribution < -0.4 is 5.73 Å². The van der Waals surface area contributed by atoms with Gasteiger partial charge in [0.2, 0.25) is 10.0 Å². The van der Waals surface area contributed by atoms with Gasteiger partial charge >= 0.3 is 0 Å². The highest BCUT2D eigenvalue weighted by molar-refractivity contribution is 7.89. The van der Waals surface area contributed by atoms with E-state index < -0.39 is 26.6 Å². The average molecular weight is 290 g/mol. The minimum absolute atomic E-state index is 0.0145. The zero-order valence-corrected chi connectivity index (χ0v) is 11.4. The van der Waals surface area contributed by atoms with Crippen molar-refractivity contribution in [1.29, 1.82) is 0 Å². The van der Waals surface area contributed by atoms with Crippen molar-refractivity contribution in [3.05, 3.63) is 36.4 Å². The van der Waals surface area contributed by atoms with Gasteiger partial charge in [0.05, 0.1) is 0 Å². The van der Waals surface area contributed by atoms with Gasteiger partial charge in [-0.25, -0.2) is 17.2 Å². The van der Waals surface area contributed by atoms with Crippen LogP contribution in [0.15, 0.2) is 29.7 Å². The van der Waals surface area contributed by atoms with Crippen LogP contribution in [0.5, 0.6) is 0 Å². The highest BCUT2D eigenvalue weighted by atomic mass is 32.2. The Balaban J connectivity index is 3.37. The maximum absolute atomic E-state index is 13.7. The van der Waals surface area contributed by atoms with Crippen LogP contribution in [0.25, 0.3) is 0 Å². The molecule has 1 aromatic rings. The molecular weight excluding hydrogens is 274 g/mol. The Hall–Kier alpha value is -1.47. The Morgan fingerprint density at radius 2 is 1.89 bits per heavy atom. The fourth-order valence-electron chi connectivity index (χ4n) is 1.66. The first-order valence-corrected chi connectivity index (χ1v) is 7.14. The molecule has 0 atom stereocenters. The van der Waals surface area contributed by atoms with Gasteiger partial charge in [0, 0.05) is 18.8 Å². The molecule has 0 aliphatic heterocycles. The fraction of sp³-hybridized carbons (Fsp3) is 0.333. The van der Waals surface area contributed by atoms with Crippen molar-refractivity contribution in [3.63, 3.8) is 0 Å². The summed E-state index contributed by atoms with van der Waals surface area (Å²) >= 11 is 0. The summed E-state index contributed by atoms with van der Waals surface area (Å²) in [6.45, 7) is 5.34. The van der Waals surface area contributed by atoms with Crippen LogP contribution in [0, 0.1) is 11.6 Å². The van der Waals surface area contributed by atoms with E-state index in [2.05, 4.69) is 6.58 Å². The molecule has 7 heteroatoms. The lowest BCUT2D eigenvalue weighted by molar-refractivity contribution is 0.428. The summed E-state index contributed by atoms with van der Waals surface area (Å²) < 4.78 is 52.8. The van der Waals surface area contributed by atoms with Gasteiger partial charge in [0.15, 0.2) is 4.90 Å². The molecular formula is C12H16F2N2O2S. The molecule has 0 saturated heterocycles. The van der Waals surface area contributed by atoms with Gasteiger partial charge in [-0.3, -0.25) is 0 Å². The first-order valence-electron chi connectivity index (χ1n) is 5.70. The molecule has 1 aromatic carbocycles. The van der Waals surface area contributed by atoms with Crippen LogP contribution in [-0.2, 0) is 10.0 Å². The normalized spacial score (nSPS) is 11.8. The summed E-state index contributed by atoms with van der Waals surface area (Å²) in [5.74, 6) is -2.38. The Labute approximate surface area is 111 Å². The minimum Gasteiger partial charge on any atom is -0.399 e. The van der Waals surface area contributed by atoms with Crippen molar-refractivity contribution in [1.82, 2.24) is 4.31 Å². The number of nitrogens with zero attached hydrogens (tertiary/aromatic N) is 1. The third-order valence-corrected chi connectivity index (χ3v) is 4.34. The van der Waals surface area contributed by atoms with Crippen LogP contribution >= 0.6 is 0 Å². The van der Waals surface area contributed by atoms with Crippen LogP contribution in [0.3, 0.4) is 0 Å². The molecule has 0 amide bonds. The Morgan fingerprint density at radius 1 is 1.37 bits per heavy atom. The van der Waals surface area contributed by atoms with Gasteiger partial charge < -0.3 is 5.73 Å². The van der Waals surface area contributed by atoms with E-state index in [0.29, 0.717) is 6.42 Å². The average Bonchev–Trinajstić information content (AvgIpc) is 2.26. The van der Waals surface area contributed by atoms with Gasteiger partial charge in [-0.1, -0.05) is 13.0 Å². The van der Waals surface area contributed by atoms with Gasteiger partial charge in [-0.15, -0.1) is 6.58 Å². The predicted octanol–water partition coefficient (Wildman–Crippen LogP) is 2.13. The molecule has 19 heavy (non-hydrogen) atoms. The van der Waals surface area contributed by atoms with Gasteiger partial charge in [0.25, 0.3) is 0 Å². The third kappa shape index (κ3) is 3.30. The lowest BCUT2D eigenvalue weighted by atomic mass is 10.3. The van der Waals surface area contributed by atoms with E-state index in [4.69, 9.17) is 5.73 Å². The van der Waals surface area contributed by atoms with Crippen LogP contribution in [0.4, 0.5) is 14.5 Å². The highest BCUT2D eigenvalue weighted by Crippen LogP contribution is 2.25. The summed E-state index contributed by atoms with van der Waals surface area (Å²) in [6, 6.07) is 1.57. The maximum Gasteiger partial charge on any atom is 0.249 e. The number of hydrogen-bond donors (Lipinski definition) is 1. The number of rotatable bonds is 6. The van der Waals surface area contributed by atoms with Crippen molar-refractivity contribution < 1.29 is 17.2 Å². The van der Waals surface area contributed by atoms with Crippen molar-refractivity contribution >= 4 is 15.7 Å². The molecule has 2 N–H and O–H groups in total. The monoisotopic (exact) mass is 290 g/mol. The molecule has 0 fully saturated rings. The molecule has 1 rings (SSSR count). The Bertz CT molecular complexity index is 550. The topological polar surface area (TPSA) is 63.4 Å². The molecule has 0 bridgehead atoms. The second-order valence-electron chi connectivity index (χ2n) is 3.97. The smallest absolute Gasteiger partial charge is 0.249 e. The SMILES string of the molecule is C=CCN(CCC)S(=O)(=O)c1c(F)cc(N)cc1F. The number of nitrogens with two attached hydrogens (primary N) is 1. The molecule has 0 aromatic heterocycles. The third-order valence-electron chi connectivity index (χ3n) is 2.42. The predicted molar refractivity (Wildman–Crippen MR) is 70.0 cm³/mol. The van der Waals surface area contributed by atoms with E-state index in [-0.39, 0.29) is 18.8 Å². The Morgan fingerprint density at radius 3 is 2.32 bits per heavy atom. The molecule has 0 aliphatic carbocycles. The first-order chi connectivity index (χ1) is 8.84. The standard InChI is InChI=1S/C12H16F2N2O2S/c1-3-5-16(6-4-2)19(17,18)12-10(13)7-9(15)8-11(12)14/h3,7-8H,1,4-6,15H2,2H3. The number of benzene rings is 1. The second-order valence-corrected chi connectivity index (χ2v) is 5.84. The molecule has 0 spiro atoms. The molecule has 4 nitrogen and oxygen atoms in total. The molecule has 0 aliphatic rings. The molecule has 106 valence electrons. The number of hydrogen-bond acceptors (Lipinski definition) is 3. The summed E-state index contributed by atoms with van der Waals surface area (Å²) in [5.41, 5.74) is 5.09. The van der Waals surface area contributed by atoms with E-state index in [9.17, 15) is 17.2 Å². The molecule has 0 unspecified atom stereocenters.